The van der Waals surface area contributed by atoms with Gasteiger partial charge in [-0.05, 0) is 25.3 Å². The number of carbonyl (C=O) groups is 3. The number of rotatable bonds is 5. The van der Waals surface area contributed by atoms with E-state index in [1.54, 1.807) is 0 Å². The van der Waals surface area contributed by atoms with Crippen LogP contribution in [0.2, 0.25) is 5.02 Å². The Kier molecular flexibility index (Phi) is 5.92. The van der Waals surface area contributed by atoms with Gasteiger partial charge in [0.1, 0.15) is 5.75 Å². The van der Waals surface area contributed by atoms with Gasteiger partial charge in [0.15, 0.2) is 0 Å². The Morgan fingerprint density at radius 1 is 1.21 bits per heavy atom. The van der Waals surface area contributed by atoms with E-state index in [-0.39, 0.29) is 47.7 Å². The lowest BCUT2D eigenvalue weighted by Gasteiger charge is -2.19. The van der Waals surface area contributed by atoms with Crippen LogP contribution in [0.15, 0.2) is 12.1 Å². The molecule has 1 aromatic rings. The molecule has 158 valence electrons. The zero-order valence-corrected chi connectivity index (χ0v) is 16.2. The maximum atomic E-state index is 12.6. The molecule has 0 aromatic heterocycles. The molecular weight excluding hydrogens is 415 g/mol. The van der Waals surface area contributed by atoms with Crippen LogP contribution in [0, 0.1) is 5.92 Å². The van der Waals surface area contributed by atoms with Crippen molar-refractivity contribution in [3.8, 4) is 5.75 Å². The summed E-state index contributed by atoms with van der Waals surface area (Å²) in [5.41, 5.74) is 0.377. The minimum Gasteiger partial charge on any atom is -0.496 e. The molecule has 1 aliphatic carbocycles. The zero-order valence-electron chi connectivity index (χ0n) is 15.4. The van der Waals surface area contributed by atoms with E-state index in [2.05, 4.69) is 10.6 Å². The molecule has 0 spiro atoms. The average Bonchev–Trinajstić information content (AvgIpc) is 3.41. The molecule has 7 nitrogen and oxygen atoms in total. The first-order valence-corrected chi connectivity index (χ1v) is 9.33. The number of benzene rings is 1. The van der Waals surface area contributed by atoms with Crippen LogP contribution < -0.4 is 15.4 Å². The monoisotopic (exact) mass is 433 g/mol. The van der Waals surface area contributed by atoms with E-state index >= 15 is 0 Å². The van der Waals surface area contributed by atoms with Gasteiger partial charge in [0.25, 0.3) is 5.91 Å². The number of ether oxygens (including phenoxy) is 1. The zero-order chi connectivity index (χ0) is 21.3. The van der Waals surface area contributed by atoms with Crippen LogP contribution in [0.3, 0.4) is 0 Å². The molecule has 1 saturated heterocycles. The van der Waals surface area contributed by atoms with Crippen LogP contribution in [-0.4, -0.2) is 55.0 Å². The lowest BCUT2D eigenvalue weighted by Crippen LogP contribution is -2.42. The molecule has 3 rings (SSSR count). The van der Waals surface area contributed by atoms with Crippen LogP contribution >= 0.6 is 11.6 Å². The maximum Gasteiger partial charge on any atom is 0.471 e. The largest absolute Gasteiger partial charge is 0.496 e. The molecule has 0 unspecified atom stereocenters. The van der Waals surface area contributed by atoms with Gasteiger partial charge in [0, 0.05) is 31.1 Å². The molecule has 11 heteroatoms. The maximum absolute atomic E-state index is 12.6. The Balaban J connectivity index is 1.68. The highest BCUT2D eigenvalue weighted by molar-refractivity contribution is 6.34. The lowest BCUT2D eigenvalue weighted by molar-refractivity contribution is -0.184. The summed E-state index contributed by atoms with van der Waals surface area (Å²) in [5, 5.41) is 5.41. The molecule has 1 heterocycles. The normalized spacial score (nSPS) is 19.1. The minimum atomic E-state index is -4.95. The summed E-state index contributed by atoms with van der Waals surface area (Å²) in [4.78, 5) is 36.5. The third-order valence-corrected chi connectivity index (χ3v) is 5.11. The highest BCUT2D eigenvalue weighted by Crippen LogP contribution is 2.34. The van der Waals surface area contributed by atoms with Crippen molar-refractivity contribution in [2.45, 2.75) is 31.5 Å². The number of halogens is 4. The predicted molar refractivity (Wildman–Crippen MR) is 97.9 cm³/mol. The SMILES string of the molecule is COc1cc(NC(=O)C2CC2)c(Cl)cc1C(=O)N[C@H]1CCN(C(=O)C(F)(F)F)C1. The third kappa shape index (κ3) is 4.92. The number of hydrogen-bond donors (Lipinski definition) is 2. The second-order valence-electron chi connectivity index (χ2n) is 7.00. The van der Waals surface area contributed by atoms with Crippen molar-refractivity contribution >= 4 is 35.0 Å². The molecule has 1 saturated carbocycles. The van der Waals surface area contributed by atoms with E-state index in [1.165, 1.54) is 19.2 Å². The number of amides is 3. The van der Waals surface area contributed by atoms with Crippen molar-refractivity contribution in [2.75, 3.05) is 25.5 Å². The fourth-order valence-electron chi connectivity index (χ4n) is 3.08. The Hall–Kier alpha value is -2.49. The number of anilines is 1. The van der Waals surface area contributed by atoms with E-state index in [4.69, 9.17) is 16.3 Å². The van der Waals surface area contributed by atoms with E-state index < -0.39 is 24.0 Å². The Morgan fingerprint density at radius 2 is 1.90 bits per heavy atom. The molecule has 1 aromatic carbocycles. The fourth-order valence-corrected chi connectivity index (χ4v) is 3.29. The molecule has 1 atom stereocenters. The van der Waals surface area contributed by atoms with Gasteiger partial charge in [-0.3, -0.25) is 14.4 Å². The fraction of sp³-hybridized carbons (Fsp3) is 0.500. The first-order chi connectivity index (χ1) is 13.6. The molecule has 3 amide bonds. The van der Waals surface area contributed by atoms with E-state index in [0.717, 1.165) is 12.8 Å². The van der Waals surface area contributed by atoms with Gasteiger partial charge in [-0.2, -0.15) is 13.2 Å². The number of nitrogens with one attached hydrogen (secondary N) is 2. The highest BCUT2D eigenvalue weighted by atomic mass is 35.5. The number of hydrogen-bond acceptors (Lipinski definition) is 4. The lowest BCUT2D eigenvalue weighted by atomic mass is 10.1. The predicted octanol–water partition coefficient (Wildman–Crippen LogP) is 2.59. The van der Waals surface area contributed by atoms with Gasteiger partial charge in [0.05, 0.1) is 23.4 Å². The summed E-state index contributed by atoms with van der Waals surface area (Å²) >= 11 is 6.17. The molecule has 0 radical (unpaired) electrons. The first-order valence-electron chi connectivity index (χ1n) is 8.95. The average molecular weight is 434 g/mol. The van der Waals surface area contributed by atoms with Crippen molar-refractivity contribution in [1.82, 2.24) is 10.2 Å². The Bertz CT molecular complexity index is 842. The highest BCUT2D eigenvalue weighted by Gasteiger charge is 2.44. The number of alkyl halides is 3. The number of methoxy groups -OCH3 is 1. The summed E-state index contributed by atoms with van der Waals surface area (Å²) in [6, 6.07) is 2.11. The van der Waals surface area contributed by atoms with Crippen LogP contribution in [0.1, 0.15) is 29.6 Å². The van der Waals surface area contributed by atoms with Crippen LogP contribution in [-0.2, 0) is 9.59 Å². The topological polar surface area (TPSA) is 87.7 Å². The Labute approximate surface area is 169 Å². The second kappa shape index (κ2) is 8.10. The summed E-state index contributed by atoms with van der Waals surface area (Å²) < 4.78 is 42.8. The molecule has 2 N–H and O–H groups in total. The van der Waals surface area contributed by atoms with Crippen molar-refractivity contribution in [2.24, 2.45) is 5.92 Å². The smallest absolute Gasteiger partial charge is 0.471 e. The summed E-state index contributed by atoms with van der Waals surface area (Å²) in [7, 11) is 1.34. The van der Waals surface area contributed by atoms with Gasteiger partial charge < -0.3 is 20.3 Å². The molecule has 2 aliphatic rings. The molecule has 2 fully saturated rings. The summed E-state index contributed by atoms with van der Waals surface area (Å²) in [6.07, 6.45) is -3.12. The molecular formula is C18H19ClF3N3O4. The van der Waals surface area contributed by atoms with Crippen LogP contribution in [0.25, 0.3) is 0 Å². The Morgan fingerprint density at radius 3 is 2.48 bits per heavy atom. The van der Waals surface area contributed by atoms with Gasteiger partial charge in [-0.1, -0.05) is 11.6 Å². The van der Waals surface area contributed by atoms with Gasteiger partial charge in [0.2, 0.25) is 5.91 Å². The van der Waals surface area contributed by atoms with Crippen LogP contribution in [0.5, 0.6) is 5.75 Å². The molecule has 0 bridgehead atoms. The minimum absolute atomic E-state index is 0.0373. The van der Waals surface area contributed by atoms with Crippen molar-refractivity contribution in [3.63, 3.8) is 0 Å². The van der Waals surface area contributed by atoms with E-state index in [0.29, 0.717) is 10.6 Å². The second-order valence-corrected chi connectivity index (χ2v) is 7.41. The van der Waals surface area contributed by atoms with Crippen molar-refractivity contribution in [1.29, 1.82) is 0 Å². The van der Waals surface area contributed by atoms with Crippen molar-refractivity contribution in [3.05, 3.63) is 22.7 Å². The summed E-state index contributed by atoms with van der Waals surface area (Å²) in [6.45, 7) is -0.344. The van der Waals surface area contributed by atoms with E-state index in [9.17, 15) is 27.6 Å². The number of likely N-dealkylation sites (tertiary alicyclic amines) is 1. The number of nitrogens with zero attached hydrogens (tertiary/aromatic N) is 1. The first kappa shape index (κ1) is 21.2. The molecule has 1 aliphatic heterocycles. The molecule has 29 heavy (non-hydrogen) atoms. The third-order valence-electron chi connectivity index (χ3n) is 4.79. The summed E-state index contributed by atoms with van der Waals surface area (Å²) in [5.74, 6) is -2.57. The standard InChI is InChI=1S/C18H19ClF3N3O4/c1-29-14-7-13(24-15(26)9-2-3-9)12(19)6-11(14)16(27)23-10-4-5-25(8-10)17(28)18(20,21)22/h6-7,9-10H,2-5,8H2,1H3,(H,23,27)(H,24,26)/t10-/m0/s1. The van der Waals surface area contributed by atoms with Gasteiger partial charge >= 0.3 is 12.1 Å². The number of carbonyl (C=O) groups excluding carboxylic acids is 3. The van der Waals surface area contributed by atoms with Crippen molar-refractivity contribution < 1.29 is 32.3 Å². The van der Waals surface area contributed by atoms with Crippen LogP contribution in [0.4, 0.5) is 18.9 Å². The van der Waals surface area contributed by atoms with Gasteiger partial charge in [-0.25, -0.2) is 0 Å². The van der Waals surface area contributed by atoms with E-state index in [1.807, 2.05) is 0 Å². The van der Waals surface area contributed by atoms with Gasteiger partial charge in [-0.15, -0.1) is 0 Å². The quantitative estimate of drug-likeness (QED) is 0.747.